The fourth-order valence-electron chi connectivity index (χ4n) is 5.71. The Hall–Kier alpha value is -0.260. The van der Waals surface area contributed by atoms with Gasteiger partial charge in [-0.2, -0.15) is 4.31 Å². The minimum absolute atomic E-state index is 0.252. The van der Waals surface area contributed by atoms with Crippen molar-refractivity contribution < 1.29 is 32.6 Å². The lowest BCUT2D eigenvalue weighted by atomic mass is 9.47. The maximum absolute atomic E-state index is 11.5. The predicted octanol–water partition coefficient (Wildman–Crippen LogP) is 5.74. The topological polar surface area (TPSA) is 113 Å². The van der Waals surface area contributed by atoms with Crippen LogP contribution in [0.5, 0.6) is 0 Å². The molecule has 0 radical (unpaired) electrons. The van der Waals surface area contributed by atoms with Gasteiger partial charge in [-0.25, -0.2) is 9.13 Å². The molecule has 0 aliphatic heterocycles. The molecule has 2 aliphatic rings. The third kappa shape index (κ3) is 6.61. The minimum atomic E-state index is -5.09. The van der Waals surface area contributed by atoms with E-state index in [1.807, 2.05) is 6.92 Å². The van der Waals surface area contributed by atoms with Crippen LogP contribution in [0.4, 0.5) is 0 Å². The largest absolute Gasteiger partial charge is 0.481 e. The zero-order chi connectivity index (χ0) is 22.1. The van der Waals surface area contributed by atoms with Crippen molar-refractivity contribution >= 4 is 15.6 Å². The smallest absolute Gasteiger partial charge is 0.302 e. The first-order valence-electron chi connectivity index (χ1n) is 10.2. The number of fused-ring (bicyclic) bond motifs is 1. The van der Waals surface area contributed by atoms with Crippen LogP contribution in [0.3, 0.4) is 0 Å². The van der Waals surface area contributed by atoms with E-state index in [2.05, 4.69) is 36.2 Å². The molecule has 2 unspecified atom stereocenters. The van der Waals surface area contributed by atoms with E-state index in [4.69, 9.17) is 9.79 Å². The van der Waals surface area contributed by atoms with Gasteiger partial charge in [-0.3, -0.25) is 4.52 Å². The molecule has 0 aromatic rings. The van der Waals surface area contributed by atoms with Crippen LogP contribution >= 0.6 is 15.6 Å². The van der Waals surface area contributed by atoms with E-state index in [1.54, 1.807) is 6.08 Å². The Morgan fingerprint density at radius 3 is 2.52 bits per heavy atom. The van der Waals surface area contributed by atoms with E-state index in [9.17, 15) is 14.0 Å². The molecule has 2 aliphatic carbocycles. The molecule has 2 rings (SSSR count). The highest BCUT2D eigenvalue weighted by molar-refractivity contribution is 7.60. The van der Waals surface area contributed by atoms with Crippen LogP contribution in [-0.4, -0.2) is 21.3 Å². The van der Waals surface area contributed by atoms with Crippen molar-refractivity contribution in [2.75, 3.05) is 6.61 Å². The molecule has 4 atom stereocenters. The molecule has 9 heteroatoms. The van der Waals surface area contributed by atoms with Crippen LogP contribution in [-0.2, 0) is 18.0 Å². The second-order valence-corrected chi connectivity index (χ2v) is 12.4. The summed E-state index contributed by atoms with van der Waals surface area (Å²) in [5.41, 5.74) is 2.94. The van der Waals surface area contributed by atoms with Crippen LogP contribution in [0, 0.1) is 22.7 Å². The molecule has 29 heavy (non-hydrogen) atoms. The summed E-state index contributed by atoms with van der Waals surface area (Å²) < 4.78 is 30.6. The van der Waals surface area contributed by atoms with Gasteiger partial charge in [-0.05, 0) is 68.1 Å². The van der Waals surface area contributed by atoms with E-state index in [0.29, 0.717) is 17.3 Å². The number of hydrogen-bond acceptors (Lipinski definition) is 4. The first-order valence-corrected chi connectivity index (χ1v) is 13.3. The predicted molar refractivity (Wildman–Crippen MR) is 113 cm³/mol. The van der Waals surface area contributed by atoms with Gasteiger partial charge in [0.25, 0.3) is 0 Å². The molecule has 3 N–H and O–H groups in total. The van der Waals surface area contributed by atoms with Crippen molar-refractivity contribution in [3.8, 4) is 0 Å². The summed E-state index contributed by atoms with van der Waals surface area (Å²) >= 11 is 0. The quantitative estimate of drug-likeness (QED) is 0.319. The van der Waals surface area contributed by atoms with Gasteiger partial charge in [0.05, 0.1) is 6.61 Å². The number of rotatable bonds is 8. The average molecular weight is 450 g/mol. The zero-order valence-corrected chi connectivity index (χ0v) is 19.8. The van der Waals surface area contributed by atoms with E-state index < -0.39 is 15.6 Å². The van der Waals surface area contributed by atoms with Crippen LogP contribution < -0.4 is 0 Å². The third-order valence-corrected chi connectivity index (χ3v) is 9.18. The first-order chi connectivity index (χ1) is 13.2. The van der Waals surface area contributed by atoms with Crippen molar-refractivity contribution in [2.24, 2.45) is 22.7 Å². The molecule has 0 saturated heterocycles. The van der Waals surface area contributed by atoms with Gasteiger partial charge in [0, 0.05) is 0 Å². The lowest BCUT2D eigenvalue weighted by molar-refractivity contribution is -0.0539. The highest BCUT2D eigenvalue weighted by Crippen LogP contribution is 2.62. The monoisotopic (exact) mass is 450 g/mol. The van der Waals surface area contributed by atoms with Crippen LogP contribution in [0.25, 0.3) is 0 Å². The van der Waals surface area contributed by atoms with Crippen molar-refractivity contribution in [1.29, 1.82) is 0 Å². The molecular formula is C20H36O7P2. The molecule has 2 saturated carbocycles. The van der Waals surface area contributed by atoms with Crippen LogP contribution in [0.15, 0.2) is 23.8 Å². The molecule has 168 valence electrons. The second-order valence-electron chi connectivity index (χ2n) is 9.58. The number of phosphoric acid groups is 2. The molecule has 0 bridgehead atoms. The number of hydrogen-bond donors (Lipinski definition) is 3. The summed E-state index contributed by atoms with van der Waals surface area (Å²) in [6.45, 7) is 13.3. The van der Waals surface area contributed by atoms with Gasteiger partial charge in [-0.1, -0.05) is 51.0 Å². The fourth-order valence-corrected chi connectivity index (χ4v) is 7.24. The standard InChI is InChI=1S/C20H36O7P2/c1-15(11-14-26-29(24,25)27-28(21,22)23)7-9-17-16(2)8-10-18-19(3,4)12-6-13-20(17,18)5/h11,17-18H,2,6-10,12-14H2,1,3-5H3,(H,24,25)(H2,21,22,23)/b15-11+/t17-,18?,20+/m1/s1. The lowest BCUT2D eigenvalue weighted by Gasteiger charge is -2.58. The molecule has 0 spiro atoms. The van der Waals surface area contributed by atoms with Crippen molar-refractivity contribution in [1.82, 2.24) is 0 Å². The summed E-state index contributed by atoms with van der Waals surface area (Å²) in [7, 11) is -9.88. The Bertz CT molecular complexity index is 739. The van der Waals surface area contributed by atoms with E-state index >= 15 is 0 Å². The SMILES string of the molecule is C=C1CCC2C(C)(C)CCC[C@@]2(C)[C@@H]1CC/C(C)=C/COP(=O)(O)OP(=O)(O)O. The molecule has 0 amide bonds. The fraction of sp³-hybridized carbons (Fsp3) is 0.800. The second kappa shape index (κ2) is 9.08. The van der Waals surface area contributed by atoms with Crippen molar-refractivity contribution in [3.63, 3.8) is 0 Å². The van der Waals surface area contributed by atoms with Gasteiger partial charge in [0.15, 0.2) is 0 Å². The normalized spacial score (nSPS) is 32.5. The summed E-state index contributed by atoms with van der Waals surface area (Å²) in [5.74, 6) is 1.14. The number of phosphoric ester groups is 1. The van der Waals surface area contributed by atoms with Crippen molar-refractivity contribution in [3.05, 3.63) is 23.8 Å². The van der Waals surface area contributed by atoms with Crippen molar-refractivity contribution in [2.45, 2.75) is 72.6 Å². The van der Waals surface area contributed by atoms with Gasteiger partial charge in [0.2, 0.25) is 0 Å². The highest BCUT2D eigenvalue weighted by atomic mass is 31.3. The zero-order valence-electron chi connectivity index (χ0n) is 18.0. The van der Waals surface area contributed by atoms with E-state index in [1.165, 1.54) is 31.3 Å². The first kappa shape index (κ1) is 25.0. The van der Waals surface area contributed by atoms with E-state index in [0.717, 1.165) is 24.8 Å². The molecule has 7 nitrogen and oxygen atoms in total. The molecular weight excluding hydrogens is 414 g/mol. The number of allylic oxidation sites excluding steroid dienone is 2. The summed E-state index contributed by atoms with van der Waals surface area (Å²) in [4.78, 5) is 26.6. The Morgan fingerprint density at radius 2 is 1.90 bits per heavy atom. The summed E-state index contributed by atoms with van der Waals surface area (Å²) in [6.07, 6.45) is 9.48. The lowest BCUT2D eigenvalue weighted by Crippen LogP contribution is -2.49. The van der Waals surface area contributed by atoms with E-state index in [-0.39, 0.29) is 12.0 Å². The summed E-state index contributed by atoms with van der Waals surface area (Å²) in [5, 5.41) is 0. The Morgan fingerprint density at radius 1 is 1.24 bits per heavy atom. The van der Waals surface area contributed by atoms with Gasteiger partial charge in [0.1, 0.15) is 0 Å². The van der Waals surface area contributed by atoms with Gasteiger partial charge >= 0.3 is 15.6 Å². The summed E-state index contributed by atoms with van der Waals surface area (Å²) in [6, 6.07) is 0. The van der Waals surface area contributed by atoms with Crippen LogP contribution in [0.2, 0.25) is 0 Å². The van der Waals surface area contributed by atoms with Gasteiger partial charge < -0.3 is 14.7 Å². The Balaban J connectivity index is 1.97. The molecule has 2 fully saturated rings. The Kier molecular flexibility index (Phi) is 7.83. The molecule has 0 heterocycles. The average Bonchev–Trinajstić information content (AvgIpc) is 2.50. The minimum Gasteiger partial charge on any atom is -0.302 e. The highest BCUT2D eigenvalue weighted by Gasteiger charge is 2.52. The maximum atomic E-state index is 11.5. The van der Waals surface area contributed by atoms with Crippen LogP contribution in [0.1, 0.15) is 72.6 Å². The van der Waals surface area contributed by atoms with Gasteiger partial charge in [-0.15, -0.1) is 0 Å². The molecule has 0 aromatic heterocycles. The maximum Gasteiger partial charge on any atom is 0.481 e. The molecule has 0 aromatic carbocycles. The Labute approximate surface area is 174 Å². The third-order valence-electron chi connectivity index (χ3n) is 7.03.